The van der Waals surface area contributed by atoms with Gasteiger partial charge in [-0.3, -0.25) is 0 Å². The second kappa shape index (κ2) is 8.70. The van der Waals surface area contributed by atoms with Crippen LogP contribution in [-0.4, -0.2) is 47.3 Å². The predicted octanol–water partition coefficient (Wildman–Crippen LogP) is -0.506. The molecule has 0 amide bonds. The second-order valence-electron chi connectivity index (χ2n) is 0.469. The SMILES string of the molecule is [O]=[Pb][O]OO[O][Pb]=[S]. The van der Waals surface area contributed by atoms with E-state index < -0.39 is 47.3 Å². The van der Waals surface area contributed by atoms with Crippen LogP contribution in [0.15, 0.2) is 0 Å². The quantitative estimate of drug-likeness (QED) is 0.209. The fourth-order valence-corrected chi connectivity index (χ4v) is 0.731. The van der Waals surface area contributed by atoms with Crippen molar-refractivity contribution in [2.24, 2.45) is 0 Å². The third kappa shape index (κ3) is 7.70. The molecule has 0 aromatic rings. The van der Waals surface area contributed by atoms with Gasteiger partial charge >= 0.3 is 74.4 Å². The molecule has 0 aliphatic heterocycles. The van der Waals surface area contributed by atoms with Gasteiger partial charge in [-0.2, -0.15) is 0 Å². The molecule has 5 nitrogen and oxygen atoms in total. The Morgan fingerprint density at radius 1 is 1.25 bits per heavy atom. The van der Waals surface area contributed by atoms with E-state index in [1.165, 1.54) is 0 Å². The van der Waals surface area contributed by atoms with Crippen molar-refractivity contribution in [3.63, 3.8) is 0 Å². The summed E-state index contributed by atoms with van der Waals surface area (Å²) in [4.78, 5) is 0. The Morgan fingerprint density at radius 3 is 2.38 bits per heavy atom. The summed E-state index contributed by atoms with van der Waals surface area (Å²) in [6, 6.07) is 0. The summed E-state index contributed by atoms with van der Waals surface area (Å²) in [5.41, 5.74) is 0. The molecule has 0 spiro atoms. The van der Waals surface area contributed by atoms with Crippen LogP contribution in [0.3, 0.4) is 0 Å². The summed E-state index contributed by atoms with van der Waals surface area (Å²) in [6.45, 7) is 0. The maximum absolute atomic E-state index is 9.59. The number of rotatable bonds is 5. The molecule has 0 heterocycles. The van der Waals surface area contributed by atoms with E-state index in [4.69, 9.17) is 0 Å². The van der Waals surface area contributed by atoms with Gasteiger partial charge in [0, 0.05) is 0 Å². The molecule has 0 aromatic carbocycles. The molecule has 0 aliphatic carbocycles. The minimum atomic E-state index is -2.20. The number of hydrogen-bond donors (Lipinski definition) is 0. The van der Waals surface area contributed by atoms with E-state index in [0.717, 1.165) is 0 Å². The third-order valence-corrected chi connectivity index (χ3v) is 1.82. The third-order valence-electron chi connectivity index (χ3n) is 0.164. The van der Waals surface area contributed by atoms with Crippen LogP contribution < -0.4 is 0 Å². The molecule has 0 bridgehead atoms. The Kier molecular flexibility index (Phi) is 10.6. The van der Waals surface area contributed by atoms with E-state index in [1.54, 1.807) is 0 Å². The Balaban J connectivity index is 2.71. The van der Waals surface area contributed by atoms with Crippen molar-refractivity contribution in [3.8, 4) is 0 Å². The molecular formula is O5Pb2S. The number of hydrogen-bond acceptors (Lipinski definition) is 6. The first kappa shape index (κ1) is 9.70. The molecule has 0 aromatic heterocycles. The zero-order valence-corrected chi connectivity index (χ0v) is 12.0. The molecule has 0 rings (SSSR count). The average molecular weight is 526 g/mol. The van der Waals surface area contributed by atoms with Crippen LogP contribution in [0.5, 0.6) is 0 Å². The summed E-state index contributed by atoms with van der Waals surface area (Å²) in [7, 11) is 4.45. The fraction of sp³-hybridized carbons (Fsp3) is 0. The van der Waals surface area contributed by atoms with Crippen molar-refractivity contribution in [1.29, 1.82) is 0 Å². The molecule has 0 atom stereocenters. The van der Waals surface area contributed by atoms with Crippen LogP contribution in [0.1, 0.15) is 0 Å². The van der Waals surface area contributed by atoms with Crippen molar-refractivity contribution < 1.29 is 18.4 Å². The van der Waals surface area contributed by atoms with Crippen LogP contribution in [-0.2, 0) is 18.4 Å². The van der Waals surface area contributed by atoms with Gasteiger partial charge in [-0.15, -0.1) is 0 Å². The van der Waals surface area contributed by atoms with Crippen molar-refractivity contribution in [2.45, 2.75) is 0 Å². The molecule has 0 N–H and O–H groups in total. The molecule has 0 aliphatic rings. The second-order valence-corrected chi connectivity index (χ2v) is 4.52. The summed E-state index contributed by atoms with van der Waals surface area (Å²) in [5, 5.41) is 7.59. The molecule has 8 heteroatoms. The first-order valence-electron chi connectivity index (χ1n) is 1.32. The summed E-state index contributed by atoms with van der Waals surface area (Å²) >= 11 is -3.62. The van der Waals surface area contributed by atoms with Crippen LogP contribution >= 0.6 is 8.65 Å². The van der Waals surface area contributed by atoms with Crippen molar-refractivity contribution in [1.82, 2.24) is 0 Å². The molecule has 44 valence electrons. The Labute approximate surface area is 73.4 Å². The maximum atomic E-state index is 9.59. The van der Waals surface area contributed by atoms with Crippen LogP contribution in [0.25, 0.3) is 0 Å². The van der Waals surface area contributed by atoms with Crippen molar-refractivity contribution >= 4 is 56.0 Å². The first-order chi connectivity index (χ1) is 3.91. The van der Waals surface area contributed by atoms with E-state index >= 15 is 0 Å². The zero-order chi connectivity index (χ0) is 6.24. The van der Waals surface area contributed by atoms with Crippen LogP contribution in [0.2, 0.25) is 0 Å². The average Bonchev–Trinajstić information content (AvgIpc) is 1.81. The van der Waals surface area contributed by atoms with Gasteiger partial charge in [0.1, 0.15) is 0 Å². The van der Waals surface area contributed by atoms with Gasteiger partial charge in [0.2, 0.25) is 0 Å². The van der Waals surface area contributed by atoms with E-state index in [1.807, 2.05) is 0 Å². The van der Waals surface area contributed by atoms with E-state index in [2.05, 4.69) is 24.4 Å². The van der Waals surface area contributed by atoms with Gasteiger partial charge < -0.3 is 0 Å². The summed E-state index contributed by atoms with van der Waals surface area (Å²) in [6.07, 6.45) is 0. The molecule has 2 radical (unpaired) electrons. The minimum absolute atomic E-state index is 1.43. The molecule has 0 fully saturated rings. The van der Waals surface area contributed by atoms with Crippen LogP contribution in [0.4, 0.5) is 0 Å². The summed E-state index contributed by atoms with van der Waals surface area (Å²) in [5.74, 6) is 0. The van der Waals surface area contributed by atoms with Gasteiger partial charge in [-0.1, -0.05) is 0 Å². The molecule has 0 saturated heterocycles. The van der Waals surface area contributed by atoms with Gasteiger partial charge in [0.05, 0.1) is 0 Å². The topological polar surface area (TPSA) is 54.0 Å². The van der Waals surface area contributed by atoms with Crippen molar-refractivity contribution in [3.05, 3.63) is 0 Å². The fourth-order valence-electron chi connectivity index (χ4n) is 0.0556. The van der Waals surface area contributed by atoms with Crippen LogP contribution in [0, 0.1) is 0 Å². The molecular weight excluding hydrogens is 526 g/mol. The van der Waals surface area contributed by atoms with E-state index in [-0.39, 0.29) is 0 Å². The molecule has 0 unspecified atom stereocenters. The van der Waals surface area contributed by atoms with E-state index in [0.29, 0.717) is 0 Å². The van der Waals surface area contributed by atoms with Gasteiger partial charge in [0.25, 0.3) is 0 Å². The summed E-state index contributed by atoms with van der Waals surface area (Å²) < 4.78 is 17.7. The monoisotopic (exact) mass is 528 g/mol. The van der Waals surface area contributed by atoms with E-state index in [9.17, 15) is 2.69 Å². The predicted molar refractivity (Wildman–Crippen MR) is 24.1 cm³/mol. The van der Waals surface area contributed by atoms with Gasteiger partial charge in [-0.25, -0.2) is 0 Å². The first-order valence-corrected chi connectivity index (χ1v) is 11.2. The van der Waals surface area contributed by atoms with Gasteiger partial charge in [0.15, 0.2) is 0 Å². The molecule has 0 saturated carbocycles. The Hall–Kier alpha value is 1.70. The van der Waals surface area contributed by atoms with Gasteiger partial charge in [-0.05, 0) is 0 Å². The van der Waals surface area contributed by atoms with Crippen molar-refractivity contribution in [2.75, 3.05) is 0 Å². The standard InChI is InChI=1S/H2O4.O.2Pb.S/c1-3-4-2;;;;/h1-2H;;;;/q;;2*+1;/p-2. The Bertz CT molecular complexity index is 62.8. The normalized spacial score (nSPS) is 8.50. The zero-order valence-electron chi connectivity index (χ0n) is 3.45. The Morgan fingerprint density at radius 2 is 1.88 bits per heavy atom. The molecule has 8 heavy (non-hydrogen) atoms.